The van der Waals surface area contributed by atoms with Gasteiger partial charge in [-0.05, 0) is 133 Å². The summed E-state index contributed by atoms with van der Waals surface area (Å²) in [6.45, 7) is 17.4. The lowest BCUT2D eigenvalue weighted by Crippen LogP contribution is -2.66. The molecular formula is C36H54O3S. The van der Waals surface area contributed by atoms with Crippen molar-refractivity contribution >= 4 is 10.8 Å². The molecule has 5 aliphatic rings. The van der Waals surface area contributed by atoms with Crippen molar-refractivity contribution in [2.24, 2.45) is 56.7 Å². The van der Waals surface area contributed by atoms with E-state index in [-0.39, 0.29) is 39.8 Å². The van der Waals surface area contributed by atoms with Gasteiger partial charge >= 0.3 is 0 Å². The van der Waals surface area contributed by atoms with E-state index in [1.165, 1.54) is 32.1 Å². The molecule has 5 saturated carbocycles. The Labute approximate surface area is 246 Å². The summed E-state index contributed by atoms with van der Waals surface area (Å²) in [6, 6.07) is 9.86. The van der Waals surface area contributed by atoms with E-state index < -0.39 is 10.8 Å². The smallest absolute Gasteiger partial charge is 0.0594 e. The summed E-state index contributed by atoms with van der Waals surface area (Å²) in [5.41, 5.74) is 1.90. The number of rotatable bonds is 5. The molecule has 0 aromatic heterocycles. The third-order valence-corrected chi connectivity index (χ3v) is 16.2. The summed E-state index contributed by atoms with van der Waals surface area (Å²) in [5.74, 6) is 3.15. The maximum absolute atomic E-state index is 13.3. The van der Waals surface area contributed by atoms with Crippen molar-refractivity contribution in [3.05, 3.63) is 42.5 Å². The van der Waals surface area contributed by atoms with Crippen LogP contribution in [0.2, 0.25) is 0 Å². The summed E-state index contributed by atoms with van der Waals surface area (Å²) in [7, 11) is -1.08. The van der Waals surface area contributed by atoms with Crippen LogP contribution in [0.15, 0.2) is 47.4 Å². The molecule has 222 valence electrons. The summed E-state index contributed by atoms with van der Waals surface area (Å²) in [5, 5.41) is 22.0. The van der Waals surface area contributed by atoms with Crippen molar-refractivity contribution in [1.29, 1.82) is 0 Å². The van der Waals surface area contributed by atoms with Gasteiger partial charge < -0.3 is 10.2 Å². The van der Waals surface area contributed by atoms with Gasteiger partial charge in [-0.2, -0.15) is 0 Å². The van der Waals surface area contributed by atoms with Crippen LogP contribution in [0, 0.1) is 56.7 Å². The Morgan fingerprint density at radius 2 is 1.60 bits per heavy atom. The van der Waals surface area contributed by atoms with Crippen LogP contribution >= 0.6 is 0 Å². The van der Waals surface area contributed by atoms with Gasteiger partial charge in [0, 0.05) is 17.3 Å². The highest BCUT2D eigenvalue weighted by Crippen LogP contribution is 2.77. The molecule has 0 aliphatic heterocycles. The van der Waals surface area contributed by atoms with Gasteiger partial charge in [0.25, 0.3) is 0 Å². The van der Waals surface area contributed by atoms with Crippen LogP contribution < -0.4 is 0 Å². The largest absolute Gasteiger partial charge is 0.396 e. The number of fused-ring (bicyclic) bond motifs is 7. The van der Waals surface area contributed by atoms with Crippen LogP contribution in [-0.4, -0.2) is 32.9 Å². The molecule has 1 aromatic carbocycles. The lowest BCUT2D eigenvalue weighted by Gasteiger charge is -2.73. The van der Waals surface area contributed by atoms with Crippen molar-refractivity contribution in [2.75, 3.05) is 12.4 Å². The SMILES string of the molecule is C=C(CS(=O)c1ccccc1)[C@@H]1CC[C@]2(CO)CC[C@]3(C)[C@H](CC[C@@H]4[C@@]5(C)CC[C@H](O)C(C)(C)[C@@H]5CC[C@]43C)[C@@H]12. The highest BCUT2D eigenvalue weighted by molar-refractivity contribution is 7.85. The zero-order valence-corrected chi connectivity index (χ0v) is 26.6. The first-order valence-electron chi connectivity index (χ1n) is 16.2. The average Bonchev–Trinajstić information content (AvgIpc) is 3.32. The van der Waals surface area contributed by atoms with Crippen molar-refractivity contribution < 1.29 is 14.4 Å². The van der Waals surface area contributed by atoms with Gasteiger partial charge in [0.15, 0.2) is 0 Å². The molecule has 4 heteroatoms. The summed E-state index contributed by atoms with van der Waals surface area (Å²) < 4.78 is 13.3. The van der Waals surface area contributed by atoms with Crippen molar-refractivity contribution in [3.63, 3.8) is 0 Å². The molecule has 0 heterocycles. The quantitative estimate of drug-likeness (QED) is 0.358. The third kappa shape index (κ3) is 3.90. The Balaban J connectivity index is 1.32. The van der Waals surface area contributed by atoms with E-state index in [0.29, 0.717) is 35.3 Å². The zero-order valence-electron chi connectivity index (χ0n) is 25.8. The average molecular weight is 567 g/mol. The standard InChI is InChI=1S/C36H54O3S/c1-24(22-40(39)25-10-8-7-9-11-25)26-14-19-36(23-37)21-20-34(5)27(31(26)36)12-13-29-33(4)17-16-30(38)32(2,3)28(33)15-18-35(29,34)6/h7-11,26-31,37-38H,1,12-23H2,2-6H3/t26-,27+,28-,29+,30-,31+,33-,34+,35+,36+,40?/m0/s1. The van der Waals surface area contributed by atoms with Gasteiger partial charge in [0.1, 0.15) is 0 Å². The van der Waals surface area contributed by atoms with E-state index in [2.05, 4.69) is 41.2 Å². The highest BCUT2D eigenvalue weighted by atomic mass is 32.2. The monoisotopic (exact) mass is 566 g/mol. The van der Waals surface area contributed by atoms with Crippen LogP contribution in [0.4, 0.5) is 0 Å². The molecule has 0 bridgehead atoms. The van der Waals surface area contributed by atoms with E-state index >= 15 is 0 Å². The normalized spacial score (nSPS) is 48.3. The molecule has 6 rings (SSSR count). The van der Waals surface area contributed by atoms with Gasteiger partial charge in [-0.3, -0.25) is 4.21 Å². The fourth-order valence-corrected chi connectivity index (χ4v) is 13.6. The van der Waals surface area contributed by atoms with Crippen LogP contribution in [0.5, 0.6) is 0 Å². The first-order valence-corrected chi connectivity index (χ1v) is 17.6. The van der Waals surface area contributed by atoms with E-state index in [1.54, 1.807) is 0 Å². The molecule has 0 spiro atoms. The van der Waals surface area contributed by atoms with E-state index in [9.17, 15) is 14.4 Å². The first-order chi connectivity index (χ1) is 18.8. The van der Waals surface area contributed by atoms with Gasteiger partial charge in [0.2, 0.25) is 0 Å². The molecule has 1 aromatic rings. The predicted molar refractivity (Wildman–Crippen MR) is 164 cm³/mol. The van der Waals surface area contributed by atoms with E-state index in [4.69, 9.17) is 0 Å². The lowest BCUT2D eigenvalue weighted by atomic mass is 9.32. The van der Waals surface area contributed by atoms with Crippen LogP contribution in [0.3, 0.4) is 0 Å². The van der Waals surface area contributed by atoms with Crippen LogP contribution in [0.25, 0.3) is 0 Å². The Morgan fingerprint density at radius 1 is 0.875 bits per heavy atom. The van der Waals surface area contributed by atoms with E-state index in [1.807, 2.05) is 30.3 Å². The minimum Gasteiger partial charge on any atom is -0.396 e. The number of hydrogen-bond donors (Lipinski definition) is 2. The molecule has 40 heavy (non-hydrogen) atoms. The molecule has 0 saturated heterocycles. The van der Waals surface area contributed by atoms with E-state index in [0.717, 1.165) is 42.6 Å². The second-order valence-corrected chi connectivity index (χ2v) is 17.6. The molecule has 3 nitrogen and oxygen atoms in total. The van der Waals surface area contributed by atoms with Crippen LogP contribution in [0.1, 0.15) is 98.8 Å². The topological polar surface area (TPSA) is 57.5 Å². The van der Waals surface area contributed by atoms with Gasteiger partial charge in [-0.15, -0.1) is 0 Å². The van der Waals surface area contributed by atoms with Gasteiger partial charge in [-0.1, -0.05) is 65.0 Å². The number of benzene rings is 1. The van der Waals surface area contributed by atoms with Gasteiger partial charge in [-0.25, -0.2) is 0 Å². The molecule has 1 unspecified atom stereocenters. The van der Waals surface area contributed by atoms with Crippen LogP contribution in [-0.2, 0) is 10.8 Å². The molecule has 11 atom stereocenters. The Bertz CT molecular complexity index is 1160. The fourth-order valence-electron chi connectivity index (χ4n) is 12.4. The minimum atomic E-state index is -1.08. The Morgan fingerprint density at radius 3 is 2.30 bits per heavy atom. The number of aliphatic hydroxyl groups is 2. The van der Waals surface area contributed by atoms with Gasteiger partial charge in [0.05, 0.1) is 16.9 Å². The molecule has 0 radical (unpaired) electrons. The fraction of sp³-hybridized carbons (Fsp3) is 0.778. The molecule has 5 aliphatic carbocycles. The maximum Gasteiger partial charge on any atom is 0.0594 e. The number of hydrogen-bond acceptors (Lipinski definition) is 3. The summed E-state index contributed by atoms with van der Waals surface area (Å²) >= 11 is 0. The molecule has 0 amide bonds. The Hall–Kier alpha value is -0.970. The maximum atomic E-state index is 13.3. The number of aliphatic hydroxyl groups excluding tert-OH is 2. The zero-order chi connectivity index (χ0) is 28.7. The summed E-state index contributed by atoms with van der Waals surface area (Å²) in [6.07, 6.45) is 11.4. The molecular weight excluding hydrogens is 512 g/mol. The van der Waals surface area contributed by atoms with Crippen molar-refractivity contribution in [2.45, 2.75) is 110 Å². The second kappa shape index (κ2) is 9.78. The Kier molecular flexibility index (Phi) is 7.12. The lowest BCUT2D eigenvalue weighted by molar-refractivity contribution is -0.249. The van der Waals surface area contributed by atoms with Crippen molar-refractivity contribution in [3.8, 4) is 0 Å². The second-order valence-electron chi connectivity index (χ2n) is 16.2. The highest BCUT2D eigenvalue weighted by Gasteiger charge is 2.70. The first kappa shape index (κ1) is 29.1. The summed E-state index contributed by atoms with van der Waals surface area (Å²) in [4.78, 5) is 0.891. The van der Waals surface area contributed by atoms with Crippen molar-refractivity contribution in [1.82, 2.24) is 0 Å². The molecule has 5 fully saturated rings. The molecule has 2 N–H and O–H groups in total. The minimum absolute atomic E-state index is 0.00668. The predicted octanol–water partition coefficient (Wildman–Crippen LogP) is 7.79. The third-order valence-electron chi connectivity index (χ3n) is 14.7.